The van der Waals surface area contributed by atoms with Gasteiger partial charge in [0.15, 0.2) is 0 Å². The summed E-state index contributed by atoms with van der Waals surface area (Å²) in [7, 11) is 3.75. The summed E-state index contributed by atoms with van der Waals surface area (Å²) < 4.78 is 5.45. The zero-order valence-electron chi connectivity index (χ0n) is 11.6. The van der Waals surface area contributed by atoms with Gasteiger partial charge in [-0.15, -0.1) is 0 Å². The van der Waals surface area contributed by atoms with E-state index in [9.17, 15) is 0 Å². The van der Waals surface area contributed by atoms with Crippen molar-refractivity contribution in [1.82, 2.24) is 10.3 Å². The van der Waals surface area contributed by atoms with Crippen LogP contribution < -0.4 is 5.32 Å². The molecule has 1 N–H and O–H groups in total. The Hall–Kier alpha value is -0.930. The van der Waals surface area contributed by atoms with E-state index in [1.807, 2.05) is 19.3 Å². The molecule has 17 heavy (non-hydrogen) atoms. The van der Waals surface area contributed by atoms with Crippen LogP contribution in [0.1, 0.15) is 44.0 Å². The van der Waals surface area contributed by atoms with Crippen molar-refractivity contribution < 1.29 is 4.74 Å². The van der Waals surface area contributed by atoms with Crippen molar-refractivity contribution in [2.45, 2.75) is 45.3 Å². The topological polar surface area (TPSA) is 34.1 Å². The number of hydrogen-bond donors (Lipinski definition) is 1. The molecular formula is C14H24N2O. The SMILES string of the molecule is CNC(CCC(C)(C)OC)c1ncccc1C. The van der Waals surface area contributed by atoms with Crippen molar-refractivity contribution in [2.24, 2.45) is 0 Å². The van der Waals surface area contributed by atoms with Gasteiger partial charge in [0.1, 0.15) is 0 Å². The predicted octanol–water partition coefficient (Wildman–Crippen LogP) is 2.86. The van der Waals surface area contributed by atoms with E-state index in [4.69, 9.17) is 4.74 Å². The lowest BCUT2D eigenvalue weighted by Gasteiger charge is -2.26. The molecule has 3 heteroatoms. The zero-order chi connectivity index (χ0) is 12.9. The average Bonchev–Trinajstić information content (AvgIpc) is 2.32. The van der Waals surface area contributed by atoms with Crippen LogP contribution in [0.4, 0.5) is 0 Å². The molecule has 3 nitrogen and oxygen atoms in total. The van der Waals surface area contributed by atoms with Gasteiger partial charge in [-0.3, -0.25) is 4.98 Å². The molecule has 96 valence electrons. The third-order valence-corrected chi connectivity index (χ3v) is 3.32. The Morgan fingerprint density at radius 2 is 2.18 bits per heavy atom. The van der Waals surface area contributed by atoms with Crippen LogP contribution in [-0.4, -0.2) is 24.7 Å². The minimum absolute atomic E-state index is 0.0716. The molecule has 1 rings (SSSR count). The second kappa shape index (κ2) is 6.12. The van der Waals surface area contributed by atoms with Gasteiger partial charge >= 0.3 is 0 Å². The Balaban J connectivity index is 2.70. The molecule has 0 fully saturated rings. The molecule has 0 aliphatic rings. The monoisotopic (exact) mass is 236 g/mol. The molecule has 0 aromatic carbocycles. The van der Waals surface area contributed by atoms with Crippen LogP contribution in [0.3, 0.4) is 0 Å². The lowest BCUT2D eigenvalue weighted by Crippen LogP contribution is -2.26. The molecule has 0 amide bonds. The number of nitrogens with one attached hydrogen (secondary N) is 1. The van der Waals surface area contributed by atoms with Crippen LogP contribution in [0.2, 0.25) is 0 Å². The molecule has 0 spiro atoms. The van der Waals surface area contributed by atoms with Crippen LogP contribution >= 0.6 is 0 Å². The highest BCUT2D eigenvalue weighted by molar-refractivity contribution is 5.21. The first-order valence-corrected chi connectivity index (χ1v) is 6.14. The highest BCUT2D eigenvalue weighted by atomic mass is 16.5. The summed E-state index contributed by atoms with van der Waals surface area (Å²) in [4.78, 5) is 4.47. The van der Waals surface area contributed by atoms with Crippen LogP contribution in [0.5, 0.6) is 0 Å². The van der Waals surface area contributed by atoms with Gasteiger partial charge in [0, 0.05) is 19.3 Å². The maximum Gasteiger partial charge on any atom is 0.0623 e. The number of ether oxygens (including phenoxy) is 1. The summed E-state index contributed by atoms with van der Waals surface area (Å²) in [6, 6.07) is 4.38. The highest BCUT2D eigenvalue weighted by Crippen LogP contribution is 2.24. The van der Waals surface area contributed by atoms with E-state index in [-0.39, 0.29) is 5.60 Å². The molecule has 1 aromatic rings. The van der Waals surface area contributed by atoms with Gasteiger partial charge in [0.25, 0.3) is 0 Å². The van der Waals surface area contributed by atoms with E-state index in [0.29, 0.717) is 6.04 Å². The molecule has 1 aromatic heterocycles. The Morgan fingerprint density at radius 3 is 2.71 bits per heavy atom. The quantitative estimate of drug-likeness (QED) is 0.824. The molecule has 0 saturated heterocycles. The van der Waals surface area contributed by atoms with Crippen LogP contribution in [0, 0.1) is 6.92 Å². The maximum atomic E-state index is 5.45. The van der Waals surface area contributed by atoms with E-state index >= 15 is 0 Å². The van der Waals surface area contributed by atoms with E-state index in [1.54, 1.807) is 7.11 Å². The Morgan fingerprint density at radius 1 is 1.47 bits per heavy atom. The Labute approximate surface area is 105 Å². The Bertz CT molecular complexity index is 350. The molecular weight excluding hydrogens is 212 g/mol. The predicted molar refractivity (Wildman–Crippen MR) is 71.1 cm³/mol. The van der Waals surface area contributed by atoms with Crippen molar-refractivity contribution >= 4 is 0 Å². The number of hydrogen-bond acceptors (Lipinski definition) is 3. The number of pyridine rings is 1. The van der Waals surface area contributed by atoms with Crippen LogP contribution in [0.15, 0.2) is 18.3 Å². The van der Waals surface area contributed by atoms with E-state index < -0.39 is 0 Å². The van der Waals surface area contributed by atoms with Gasteiger partial charge in [-0.05, 0) is 52.3 Å². The average molecular weight is 236 g/mol. The van der Waals surface area contributed by atoms with Gasteiger partial charge in [0.05, 0.1) is 11.3 Å². The van der Waals surface area contributed by atoms with Gasteiger partial charge in [-0.25, -0.2) is 0 Å². The lowest BCUT2D eigenvalue weighted by molar-refractivity contribution is 0.0117. The largest absolute Gasteiger partial charge is 0.379 e. The number of aromatic nitrogens is 1. The van der Waals surface area contributed by atoms with Gasteiger partial charge in [0.2, 0.25) is 0 Å². The molecule has 0 radical (unpaired) electrons. The minimum atomic E-state index is -0.0716. The molecule has 0 saturated carbocycles. The smallest absolute Gasteiger partial charge is 0.0623 e. The molecule has 0 aliphatic carbocycles. The third kappa shape index (κ3) is 4.10. The number of methoxy groups -OCH3 is 1. The van der Waals surface area contributed by atoms with E-state index in [2.05, 4.69) is 37.1 Å². The number of rotatable bonds is 6. The standard InChI is InChI=1S/C14H24N2O/c1-11-7-6-10-16-13(11)12(15-4)8-9-14(2,3)17-5/h6-7,10,12,15H,8-9H2,1-5H3. The third-order valence-electron chi connectivity index (χ3n) is 3.32. The number of aryl methyl sites for hydroxylation is 1. The molecule has 0 bridgehead atoms. The second-order valence-electron chi connectivity index (χ2n) is 5.05. The summed E-state index contributed by atoms with van der Waals surface area (Å²) in [6.07, 6.45) is 3.88. The van der Waals surface area contributed by atoms with Crippen molar-refractivity contribution in [3.05, 3.63) is 29.6 Å². The first kappa shape index (κ1) is 14.1. The summed E-state index contributed by atoms with van der Waals surface area (Å²) in [5.74, 6) is 0. The van der Waals surface area contributed by atoms with Crippen molar-refractivity contribution in [1.29, 1.82) is 0 Å². The van der Waals surface area contributed by atoms with Gasteiger partial charge in [-0.2, -0.15) is 0 Å². The molecule has 1 atom stereocenters. The maximum absolute atomic E-state index is 5.45. The van der Waals surface area contributed by atoms with Crippen molar-refractivity contribution in [2.75, 3.05) is 14.2 Å². The summed E-state index contributed by atoms with van der Waals surface area (Å²) >= 11 is 0. The summed E-state index contributed by atoms with van der Waals surface area (Å²) in [5, 5.41) is 3.34. The fourth-order valence-corrected chi connectivity index (χ4v) is 1.87. The molecule has 1 unspecified atom stereocenters. The van der Waals surface area contributed by atoms with E-state index in [1.165, 1.54) is 5.56 Å². The van der Waals surface area contributed by atoms with Gasteiger partial charge < -0.3 is 10.1 Å². The first-order valence-electron chi connectivity index (χ1n) is 6.14. The zero-order valence-corrected chi connectivity index (χ0v) is 11.6. The van der Waals surface area contributed by atoms with Crippen LogP contribution in [0.25, 0.3) is 0 Å². The Kier molecular flexibility index (Phi) is 5.09. The fourth-order valence-electron chi connectivity index (χ4n) is 1.87. The second-order valence-corrected chi connectivity index (χ2v) is 5.05. The van der Waals surface area contributed by atoms with Crippen LogP contribution in [-0.2, 0) is 4.74 Å². The van der Waals surface area contributed by atoms with Gasteiger partial charge in [-0.1, -0.05) is 6.07 Å². The first-order chi connectivity index (χ1) is 8.00. The molecule has 0 aliphatic heterocycles. The highest BCUT2D eigenvalue weighted by Gasteiger charge is 2.20. The van der Waals surface area contributed by atoms with Crippen molar-refractivity contribution in [3.8, 4) is 0 Å². The lowest BCUT2D eigenvalue weighted by atomic mass is 9.96. The fraction of sp³-hybridized carbons (Fsp3) is 0.643. The minimum Gasteiger partial charge on any atom is -0.379 e. The number of nitrogens with zero attached hydrogens (tertiary/aromatic N) is 1. The normalized spacial score (nSPS) is 13.7. The summed E-state index contributed by atoms with van der Waals surface area (Å²) in [6.45, 7) is 6.34. The van der Waals surface area contributed by atoms with E-state index in [0.717, 1.165) is 18.5 Å². The van der Waals surface area contributed by atoms with Crippen molar-refractivity contribution in [3.63, 3.8) is 0 Å². The molecule has 1 heterocycles. The summed E-state index contributed by atoms with van der Waals surface area (Å²) in [5.41, 5.74) is 2.31.